The second-order valence-electron chi connectivity index (χ2n) is 9.24. The maximum Gasteiger partial charge on any atom is 0.254 e. The Labute approximate surface area is 187 Å². The summed E-state index contributed by atoms with van der Waals surface area (Å²) in [6, 6.07) is 9.82. The van der Waals surface area contributed by atoms with Crippen LogP contribution in [0.25, 0.3) is 0 Å². The lowest BCUT2D eigenvalue weighted by molar-refractivity contribution is -0.135. The van der Waals surface area contributed by atoms with Crippen molar-refractivity contribution in [3.8, 4) is 0 Å². The highest BCUT2D eigenvalue weighted by Crippen LogP contribution is 2.33. The van der Waals surface area contributed by atoms with Gasteiger partial charge in [0.05, 0.1) is 18.3 Å². The van der Waals surface area contributed by atoms with Crippen LogP contribution in [0.5, 0.6) is 0 Å². The van der Waals surface area contributed by atoms with Crippen LogP contribution in [0.2, 0.25) is 0 Å². The van der Waals surface area contributed by atoms with Gasteiger partial charge in [-0.1, -0.05) is 30.3 Å². The van der Waals surface area contributed by atoms with E-state index < -0.39 is 0 Å². The van der Waals surface area contributed by atoms with Crippen LogP contribution in [0.1, 0.15) is 67.2 Å². The number of amides is 2. The average Bonchev–Trinajstić information content (AvgIpc) is 3.68. The topological polar surface area (TPSA) is 86.4 Å². The van der Waals surface area contributed by atoms with Crippen molar-refractivity contribution in [2.75, 3.05) is 13.1 Å². The van der Waals surface area contributed by atoms with Gasteiger partial charge in [-0.05, 0) is 50.5 Å². The first-order valence-electron chi connectivity index (χ1n) is 11.8. The fourth-order valence-electron chi connectivity index (χ4n) is 4.95. The summed E-state index contributed by atoms with van der Waals surface area (Å²) in [6.07, 6.45) is 6.39. The number of nitrogens with one attached hydrogen (secondary N) is 1. The summed E-state index contributed by atoms with van der Waals surface area (Å²) in [5.74, 6) is 1.02. The summed E-state index contributed by atoms with van der Waals surface area (Å²) in [5.41, 5.74) is 2.42. The van der Waals surface area contributed by atoms with Crippen LogP contribution < -0.4 is 5.56 Å². The number of piperidine rings is 1. The molecule has 0 bridgehead atoms. The van der Waals surface area contributed by atoms with E-state index in [0.29, 0.717) is 56.0 Å². The molecule has 1 aromatic heterocycles. The van der Waals surface area contributed by atoms with Crippen molar-refractivity contribution in [1.82, 2.24) is 19.8 Å². The summed E-state index contributed by atoms with van der Waals surface area (Å²) in [6.45, 7) is 1.67. The Balaban J connectivity index is 1.34. The molecule has 1 N–H and O–H groups in total. The molecule has 168 valence electrons. The number of aromatic amines is 1. The van der Waals surface area contributed by atoms with Crippen molar-refractivity contribution in [3.05, 3.63) is 63.3 Å². The largest absolute Gasteiger partial charge is 0.336 e. The molecule has 0 unspecified atom stereocenters. The summed E-state index contributed by atoms with van der Waals surface area (Å²) in [7, 11) is 0. The number of rotatable bonds is 5. The van der Waals surface area contributed by atoms with Crippen molar-refractivity contribution in [3.63, 3.8) is 0 Å². The van der Waals surface area contributed by atoms with Gasteiger partial charge in [-0.25, -0.2) is 4.98 Å². The van der Waals surface area contributed by atoms with Crippen molar-refractivity contribution in [1.29, 1.82) is 0 Å². The molecule has 2 aromatic rings. The molecule has 1 aromatic carbocycles. The van der Waals surface area contributed by atoms with Gasteiger partial charge in [-0.15, -0.1) is 0 Å². The van der Waals surface area contributed by atoms with Crippen LogP contribution in [0.15, 0.2) is 35.1 Å². The van der Waals surface area contributed by atoms with E-state index in [1.54, 1.807) is 0 Å². The molecule has 0 radical (unpaired) electrons. The molecule has 7 nitrogen and oxygen atoms in total. The molecule has 2 amide bonds. The molecule has 1 saturated carbocycles. The van der Waals surface area contributed by atoms with Crippen molar-refractivity contribution < 1.29 is 9.59 Å². The number of aryl methyl sites for hydroxylation is 1. The molecule has 0 spiro atoms. The number of hydrogen-bond acceptors (Lipinski definition) is 4. The SMILES string of the molecule is O=C(C1CC1)N1CCc2c(nc([C@H]3CCCCN3C(=O)CCc3ccccc3)[nH]c2=O)C1. The van der Waals surface area contributed by atoms with Crippen molar-refractivity contribution >= 4 is 11.8 Å². The Morgan fingerprint density at radius 2 is 1.88 bits per heavy atom. The predicted octanol–water partition coefficient (Wildman–Crippen LogP) is 2.75. The first-order valence-corrected chi connectivity index (χ1v) is 11.8. The van der Waals surface area contributed by atoms with E-state index in [9.17, 15) is 14.4 Å². The molecule has 2 aliphatic heterocycles. The molecule has 32 heavy (non-hydrogen) atoms. The summed E-state index contributed by atoms with van der Waals surface area (Å²) >= 11 is 0. The second-order valence-corrected chi connectivity index (χ2v) is 9.24. The molecule has 1 atom stereocenters. The quantitative estimate of drug-likeness (QED) is 0.784. The monoisotopic (exact) mass is 434 g/mol. The minimum absolute atomic E-state index is 0.101. The first kappa shape index (κ1) is 20.9. The summed E-state index contributed by atoms with van der Waals surface area (Å²) in [4.78, 5) is 50.0. The first-order chi connectivity index (χ1) is 15.6. The van der Waals surface area contributed by atoms with Gasteiger partial charge in [-0.2, -0.15) is 0 Å². The Morgan fingerprint density at radius 1 is 1.06 bits per heavy atom. The smallest absolute Gasteiger partial charge is 0.254 e. The van der Waals surface area contributed by atoms with E-state index >= 15 is 0 Å². The van der Waals surface area contributed by atoms with E-state index in [1.807, 2.05) is 40.1 Å². The fraction of sp³-hybridized carbons (Fsp3) is 0.520. The van der Waals surface area contributed by atoms with E-state index in [-0.39, 0.29) is 29.3 Å². The van der Waals surface area contributed by atoms with Crippen LogP contribution in [0.3, 0.4) is 0 Å². The summed E-state index contributed by atoms with van der Waals surface area (Å²) in [5, 5.41) is 0. The second kappa shape index (κ2) is 8.88. The molecule has 3 aliphatic rings. The highest BCUT2D eigenvalue weighted by molar-refractivity contribution is 5.81. The molecular formula is C25H30N4O3. The Morgan fingerprint density at radius 3 is 2.66 bits per heavy atom. The van der Waals surface area contributed by atoms with E-state index in [2.05, 4.69) is 4.98 Å². The zero-order valence-electron chi connectivity index (χ0n) is 18.4. The van der Waals surface area contributed by atoms with E-state index in [1.165, 1.54) is 0 Å². The van der Waals surface area contributed by atoms with Crippen LogP contribution >= 0.6 is 0 Å². The number of fused-ring (bicyclic) bond motifs is 1. The predicted molar refractivity (Wildman–Crippen MR) is 120 cm³/mol. The average molecular weight is 435 g/mol. The highest BCUT2D eigenvalue weighted by Gasteiger charge is 2.36. The third-order valence-corrected chi connectivity index (χ3v) is 6.94. The molecule has 2 fully saturated rings. The van der Waals surface area contributed by atoms with Gasteiger partial charge in [0.2, 0.25) is 11.8 Å². The van der Waals surface area contributed by atoms with Gasteiger partial charge in [-0.3, -0.25) is 14.4 Å². The van der Waals surface area contributed by atoms with E-state index in [4.69, 9.17) is 4.98 Å². The Kier molecular flexibility index (Phi) is 5.81. The molecule has 7 heteroatoms. The lowest BCUT2D eigenvalue weighted by Gasteiger charge is -2.36. The number of nitrogens with zero attached hydrogens (tertiary/aromatic N) is 3. The minimum Gasteiger partial charge on any atom is -0.336 e. The lowest BCUT2D eigenvalue weighted by atomic mass is 9.99. The zero-order valence-corrected chi connectivity index (χ0v) is 18.4. The lowest BCUT2D eigenvalue weighted by Crippen LogP contribution is -2.42. The van der Waals surface area contributed by atoms with Crippen LogP contribution in [-0.4, -0.2) is 44.7 Å². The fourth-order valence-corrected chi connectivity index (χ4v) is 4.95. The molecule has 1 saturated heterocycles. The van der Waals surface area contributed by atoms with Gasteiger partial charge in [0, 0.05) is 31.0 Å². The Bertz CT molecular complexity index is 1060. The van der Waals surface area contributed by atoms with Crippen LogP contribution in [-0.2, 0) is 29.0 Å². The maximum atomic E-state index is 13.1. The maximum absolute atomic E-state index is 13.1. The summed E-state index contributed by atoms with van der Waals surface area (Å²) < 4.78 is 0. The number of H-pyrrole nitrogens is 1. The number of carbonyl (C=O) groups excluding carboxylic acids is 2. The molecular weight excluding hydrogens is 404 g/mol. The Hall–Kier alpha value is -2.96. The number of hydrogen-bond donors (Lipinski definition) is 1. The third kappa shape index (κ3) is 4.33. The van der Waals surface area contributed by atoms with E-state index in [0.717, 1.165) is 37.7 Å². The minimum atomic E-state index is -0.209. The normalized spacial score (nSPS) is 20.7. The highest BCUT2D eigenvalue weighted by atomic mass is 16.2. The van der Waals surface area contributed by atoms with Crippen molar-refractivity contribution in [2.24, 2.45) is 5.92 Å². The number of aromatic nitrogens is 2. The van der Waals surface area contributed by atoms with Gasteiger partial charge >= 0.3 is 0 Å². The van der Waals surface area contributed by atoms with Crippen molar-refractivity contribution in [2.45, 2.75) is 64.0 Å². The molecule has 5 rings (SSSR count). The third-order valence-electron chi connectivity index (χ3n) is 6.94. The van der Waals surface area contributed by atoms with Crippen LogP contribution in [0, 0.1) is 5.92 Å². The van der Waals surface area contributed by atoms with Gasteiger partial charge in [0.15, 0.2) is 0 Å². The molecule has 1 aliphatic carbocycles. The molecule has 3 heterocycles. The number of likely N-dealkylation sites (tertiary alicyclic amines) is 1. The number of benzene rings is 1. The number of carbonyl (C=O) groups is 2. The van der Waals surface area contributed by atoms with Gasteiger partial charge in [0.1, 0.15) is 5.82 Å². The van der Waals surface area contributed by atoms with Gasteiger partial charge < -0.3 is 14.8 Å². The zero-order chi connectivity index (χ0) is 22.1. The van der Waals surface area contributed by atoms with Gasteiger partial charge in [0.25, 0.3) is 5.56 Å². The van der Waals surface area contributed by atoms with Crippen LogP contribution in [0.4, 0.5) is 0 Å². The standard InChI is InChI=1S/C25H30N4O3/c30-22(12-9-17-6-2-1-3-7-17)29-14-5-4-8-21(29)23-26-20-16-28(25(32)18-10-11-18)15-13-19(20)24(31)27-23/h1-3,6-7,18,21H,4-5,8-16H2,(H,26,27,31)/t21-/m1/s1.